The highest BCUT2D eigenvalue weighted by Gasteiger charge is 2.33. The van der Waals surface area contributed by atoms with E-state index in [0.717, 1.165) is 13.0 Å². The SMILES string of the molecule is CCNC1COCC1C(=O)NCCc1cccs1. The lowest BCUT2D eigenvalue weighted by atomic mass is 10.0. The molecular formula is C13H20N2O2S. The molecule has 1 amide bonds. The van der Waals surface area contributed by atoms with Crippen molar-refractivity contribution in [3.8, 4) is 0 Å². The quantitative estimate of drug-likeness (QED) is 0.810. The molecule has 2 rings (SSSR count). The topological polar surface area (TPSA) is 50.4 Å². The Labute approximate surface area is 112 Å². The van der Waals surface area contributed by atoms with E-state index >= 15 is 0 Å². The smallest absolute Gasteiger partial charge is 0.227 e. The lowest BCUT2D eigenvalue weighted by Gasteiger charge is -2.17. The summed E-state index contributed by atoms with van der Waals surface area (Å²) >= 11 is 1.73. The molecule has 2 heterocycles. The van der Waals surface area contributed by atoms with Gasteiger partial charge in [0, 0.05) is 17.5 Å². The number of rotatable bonds is 6. The molecule has 0 saturated carbocycles. The first-order valence-electron chi connectivity index (χ1n) is 6.42. The fourth-order valence-corrected chi connectivity index (χ4v) is 2.88. The van der Waals surface area contributed by atoms with Crippen LogP contribution in [0.3, 0.4) is 0 Å². The third kappa shape index (κ3) is 3.54. The summed E-state index contributed by atoms with van der Waals surface area (Å²) in [6, 6.07) is 4.29. The van der Waals surface area contributed by atoms with Crippen LogP contribution in [0.1, 0.15) is 11.8 Å². The molecule has 1 aliphatic heterocycles. The summed E-state index contributed by atoms with van der Waals surface area (Å²) in [7, 11) is 0. The van der Waals surface area contributed by atoms with Gasteiger partial charge < -0.3 is 15.4 Å². The molecule has 0 bridgehead atoms. The van der Waals surface area contributed by atoms with E-state index in [1.807, 2.05) is 13.0 Å². The van der Waals surface area contributed by atoms with Gasteiger partial charge in [-0.2, -0.15) is 0 Å². The summed E-state index contributed by atoms with van der Waals surface area (Å²) in [4.78, 5) is 13.3. The highest BCUT2D eigenvalue weighted by molar-refractivity contribution is 7.09. The van der Waals surface area contributed by atoms with Gasteiger partial charge in [0.15, 0.2) is 0 Å². The Morgan fingerprint density at radius 3 is 3.17 bits per heavy atom. The van der Waals surface area contributed by atoms with Crippen LogP contribution in [0.4, 0.5) is 0 Å². The van der Waals surface area contributed by atoms with Crippen LogP contribution in [0.25, 0.3) is 0 Å². The summed E-state index contributed by atoms with van der Waals surface area (Å²) in [6.45, 7) is 4.78. The zero-order chi connectivity index (χ0) is 12.8. The molecule has 1 aliphatic rings. The highest BCUT2D eigenvalue weighted by Crippen LogP contribution is 2.14. The largest absolute Gasteiger partial charge is 0.379 e. The molecule has 0 aromatic carbocycles. The summed E-state index contributed by atoms with van der Waals surface area (Å²) in [5, 5.41) is 8.35. The van der Waals surface area contributed by atoms with Crippen molar-refractivity contribution in [1.29, 1.82) is 0 Å². The molecule has 2 unspecified atom stereocenters. The molecule has 0 spiro atoms. The first-order chi connectivity index (χ1) is 8.81. The van der Waals surface area contributed by atoms with Crippen molar-refractivity contribution in [3.63, 3.8) is 0 Å². The standard InChI is InChI=1S/C13H20N2O2S/c1-2-14-12-9-17-8-11(12)13(16)15-6-5-10-4-3-7-18-10/h3-4,7,11-12,14H,2,5-6,8-9H2,1H3,(H,15,16). The Morgan fingerprint density at radius 2 is 2.44 bits per heavy atom. The monoisotopic (exact) mass is 268 g/mol. The van der Waals surface area contributed by atoms with Crippen LogP contribution in [0.2, 0.25) is 0 Å². The molecule has 100 valence electrons. The van der Waals surface area contributed by atoms with Crippen LogP contribution in [0.5, 0.6) is 0 Å². The predicted molar refractivity (Wildman–Crippen MR) is 72.8 cm³/mol. The van der Waals surface area contributed by atoms with Crippen LogP contribution < -0.4 is 10.6 Å². The second-order valence-electron chi connectivity index (χ2n) is 4.43. The van der Waals surface area contributed by atoms with Gasteiger partial charge in [-0.05, 0) is 24.4 Å². The van der Waals surface area contributed by atoms with Gasteiger partial charge in [0.25, 0.3) is 0 Å². The molecule has 1 aromatic heterocycles. The minimum atomic E-state index is -0.0479. The second-order valence-corrected chi connectivity index (χ2v) is 5.46. The van der Waals surface area contributed by atoms with Crippen molar-refractivity contribution < 1.29 is 9.53 Å². The van der Waals surface area contributed by atoms with Gasteiger partial charge in [-0.15, -0.1) is 11.3 Å². The number of carbonyl (C=O) groups excluding carboxylic acids is 1. The second kappa shape index (κ2) is 6.87. The third-order valence-electron chi connectivity index (χ3n) is 3.13. The highest BCUT2D eigenvalue weighted by atomic mass is 32.1. The normalized spacial score (nSPS) is 23.2. The molecule has 18 heavy (non-hydrogen) atoms. The summed E-state index contributed by atoms with van der Waals surface area (Å²) in [5.41, 5.74) is 0. The molecule has 1 aromatic rings. The number of ether oxygens (including phenoxy) is 1. The van der Waals surface area contributed by atoms with Crippen LogP contribution in [0, 0.1) is 5.92 Å². The van der Waals surface area contributed by atoms with Gasteiger partial charge in [0.05, 0.1) is 19.1 Å². The summed E-state index contributed by atoms with van der Waals surface area (Å²) in [5.74, 6) is 0.0586. The fourth-order valence-electron chi connectivity index (χ4n) is 2.17. The molecule has 1 fully saturated rings. The Bertz CT molecular complexity index is 367. The van der Waals surface area contributed by atoms with E-state index in [0.29, 0.717) is 19.8 Å². The first-order valence-corrected chi connectivity index (χ1v) is 7.30. The Balaban J connectivity index is 1.73. The first kappa shape index (κ1) is 13.5. The van der Waals surface area contributed by atoms with Crippen molar-refractivity contribution in [2.24, 2.45) is 5.92 Å². The van der Waals surface area contributed by atoms with Crippen LogP contribution >= 0.6 is 11.3 Å². The summed E-state index contributed by atoms with van der Waals surface area (Å²) < 4.78 is 5.37. The van der Waals surface area contributed by atoms with Gasteiger partial charge in [0.1, 0.15) is 0 Å². The number of carbonyl (C=O) groups is 1. The van der Waals surface area contributed by atoms with E-state index in [-0.39, 0.29) is 17.9 Å². The van der Waals surface area contributed by atoms with Gasteiger partial charge >= 0.3 is 0 Å². The maximum atomic E-state index is 12.0. The van der Waals surface area contributed by atoms with Crippen LogP contribution in [-0.2, 0) is 16.0 Å². The van der Waals surface area contributed by atoms with E-state index in [2.05, 4.69) is 22.1 Å². The Kier molecular flexibility index (Phi) is 5.16. The average Bonchev–Trinajstić information content (AvgIpc) is 3.00. The molecule has 5 heteroatoms. The molecule has 0 radical (unpaired) electrons. The average molecular weight is 268 g/mol. The fraction of sp³-hybridized carbons (Fsp3) is 0.615. The number of nitrogens with one attached hydrogen (secondary N) is 2. The molecule has 0 aliphatic carbocycles. The molecular weight excluding hydrogens is 248 g/mol. The minimum absolute atomic E-state index is 0.0479. The molecule has 4 nitrogen and oxygen atoms in total. The zero-order valence-corrected chi connectivity index (χ0v) is 11.5. The maximum absolute atomic E-state index is 12.0. The number of amides is 1. The number of thiophene rings is 1. The van der Waals surface area contributed by atoms with Crippen molar-refractivity contribution in [3.05, 3.63) is 22.4 Å². The van der Waals surface area contributed by atoms with Crippen LogP contribution in [-0.4, -0.2) is 38.3 Å². The number of hydrogen-bond donors (Lipinski definition) is 2. The van der Waals surface area contributed by atoms with E-state index in [9.17, 15) is 4.79 Å². The molecule has 2 N–H and O–H groups in total. The van der Waals surface area contributed by atoms with Crippen molar-refractivity contribution >= 4 is 17.2 Å². The van der Waals surface area contributed by atoms with E-state index < -0.39 is 0 Å². The van der Waals surface area contributed by atoms with Crippen LogP contribution in [0.15, 0.2) is 17.5 Å². The number of hydrogen-bond acceptors (Lipinski definition) is 4. The van der Waals surface area contributed by atoms with Gasteiger partial charge in [-0.1, -0.05) is 13.0 Å². The van der Waals surface area contributed by atoms with Crippen molar-refractivity contribution in [2.75, 3.05) is 26.3 Å². The predicted octanol–water partition coefficient (Wildman–Crippen LogP) is 1.03. The van der Waals surface area contributed by atoms with Gasteiger partial charge in [0.2, 0.25) is 5.91 Å². The van der Waals surface area contributed by atoms with Gasteiger partial charge in [-0.25, -0.2) is 0 Å². The minimum Gasteiger partial charge on any atom is -0.379 e. The van der Waals surface area contributed by atoms with E-state index in [1.54, 1.807) is 11.3 Å². The zero-order valence-electron chi connectivity index (χ0n) is 10.6. The Morgan fingerprint density at radius 1 is 1.56 bits per heavy atom. The summed E-state index contributed by atoms with van der Waals surface area (Å²) in [6.07, 6.45) is 0.906. The van der Waals surface area contributed by atoms with Gasteiger partial charge in [-0.3, -0.25) is 4.79 Å². The van der Waals surface area contributed by atoms with Crippen molar-refractivity contribution in [2.45, 2.75) is 19.4 Å². The maximum Gasteiger partial charge on any atom is 0.227 e. The van der Waals surface area contributed by atoms with Crippen molar-refractivity contribution in [1.82, 2.24) is 10.6 Å². The number of likely N-dealkylation sites (N-methyl/N-ethyl adjacent to an activating group) is 1. The Hall–Kier alpha value is -0.910. The lowest BCUT2D eigenvalue weighted by Crippen LogP contribution is -2.44. The molecule has 2 atom stereocenters. The van der Waals surface area contributed by atoms with E-state index in [1.165, 1.54) is 4.88 Å². The molecule has 1 saturated heterocycles. The third-order valence-corrected chi connectivity index (χ3v) is 4.07. The van der Waals surface area contributed by atoms with E-state index in [4.69, 9.17) is 4.74 Å². The lowest BCUT2D eigenvalue weighted by molar-refractivity contribution is -0.125.